The Morgan fingerprint density at radius 1 is 1.27 bits per heavy atom. The predicted molar refractivity (Wildman–Crippen MR) is 95.8 cm³/mol. The highest BCUT2D eigenvalue weighted by molar-refractivity contribution is 5.94. The van der Waals surface area contributed by atoms with Gasteiger partial charge in [0.25, 0.3) is 5.91 Å². The van der Waals surface area contributed by atoms with Gasteiger partial charge in [-0.05, 0) is 68.7 Å². The highest BCUT2D eigenvalue weighted by Crippen LogP contribution is 2.36. The van der Waals surface area contributed by atoms with Crippen LogP contribution in [0.2, 0.25) is 0 Å². The molecule has 7 nitrogen and oxygen atoms in total. The number of hydrogen-bond acceptors (Lipinski definition) is 5. The van der Waals surface area contributed by atoms with E-state index in [-0.39, 0.29) is 18.1 Å². The van der Waals surface area contributed by atoms with Gasteiger partial charge in [-0.2, -0.15) is 5.10 Å². The molecule has 0 unspecified atom stereocenters. The molecule has 0 aromatic carbocycles. The number of amides is 1. The lowest BCUT2D eigenvalue weighted by atomic mass is 9.77. The van der Waals surface area contributed by atoms with Gasteiger partial charge in [-0.1, -0.05) is 0 Å². The molecular weight excluding hydrogens is 330 g/mol. The van der Waals surface area contributed by atoms with E-state index >= 15 is 0 Å². The first-order valence-corrected chi connectivity index (χ1v) is 9.69. The summed E-state index contributed by atoms with van der Waals surface area (Å²) in [4.78, 5) is 16.9. The van der Waals surface area contributed by atoms with Crippen molar-refractivity contribution in [2.45, 2.75) is 37.8 Å². The van der Waals surface area contributed by atoms with E-state index in [1.807, 2.05) is 12.1 Å². The number of rotatable bonds is 5. The smallest absolute Gasteiger partial charge is 0.253 e. The first-order chi connectivity index (χ1) is 12.8. The second-order valence-corrected chi connectivity index (χ2v) is 8.03. The predicted octanol–water partition coefficient (Wildman–Crippen LogP) is 1.25. The van der Waals surface area contributed by atoms with Crippen molar-refractivity contribution in [1.82, 2.24) is 25.2 Å². The third-order valence-electron chi connectivity index (χ3n) is 6.12. The molecule has 3 fully saturated rings. The van der Waals surface area contributed by atoms with Gasteiger partial charge in [0.1, 0.15) is 6.33 Å². The van der Waals surface area contributed by atoms with Crippen molar-refractivity contribution < 1.29 is 9.53 Å². The Kier molecular flexibility index (Phi) is 4.13. The van der Waals surface area contributed by atoms with Crippen molar-refractivity contribution >= 4 is 11.6 Å². The zero-order valence-electron chi connectivity index (χ0n) is 14.8. The van der Waals surface area contributed by atoms with E-state index in [0.717, 1.165) is 44.1 Å². The second kappa shape index (κ2) is 6.63. The van der Waals surface area contributed by atoms with E-state index in [1.54, 1.807) is 10.7 Å². The van der Waals surface area contributed by atoms with Crippen LogP contribution in [0.1, 0.15) is 36.0 Å². The molecule has 1 saturated heterocycles. The van der Waals surface area contributed by atoms with E-state index in [1.165, 1.54) is 19.2 Å². The summed E-state index contributed by atoms with van der Waals surface area (Å²) in [6, 6.07) is 3.71. The zero-order valence-corrected chi connectivity index (χ0v) is 14.8. The Bertz CT molecular complexity index is 802. The standard InChI is InChI=1S/C19H25N5O2/c25-19(13-3-4-18-21-11-22-24(18)9-13)23-16-5-14-7-20-8-15(14)6-17(16)26-10-12-1-2-12/h3-4,9,11-12,14-17,20H,1-2,5-8,10H2,(H,23,25)/t14-,15+,16-,17-/m0/s1. The summed E-state index contributed by atoms with van der Waals surface area (Å²) in [6.07, 6.45) is 7.95. The Labute approximate surface area is 152 Å². The van der Waals surface area contributed by atoms with Crippen LogP contribution < -0.4 is 10.6 Å². The van der Waals surface area contributed by atoms with Crippen molar-refractivity contribution in [1.29, 1.82) is 0 Å². The molecule has 0 bridgehead atoms. The third kappa shape index (κ3) is 3.21. The first kappa shape index (κ1) is 16.2. The van der Waals surface area contributed by atoms with Crippen LogP contribution in [0, 0.1) is 17.8 Å². The lowest BCUT2D eigenvalue weighted by molar-refractivity contribution is -0.0211. The number of fused-ring (bicyclic) bond motifs is 2. The molecule has 138 valence electrons. The second-order valence-electron chi connectivity index (χ2n) is 8.03. The number of carbonyl (C=O) groups is 1. The molecule has 4 atom stereocenters. The van der Waals surface area contributed by atoms with Crippen LogP contribution in [0.15, 0.2) is 24.7 Å². The summed E-state index contributed by atoms with van der Waals surface area (Å²) in [6.45, 7) is 2.97. The van der Waals surface area contributed by atoms with E-state index in [4.69, 9.17) is 4.74 Å². The molecule has 0 radical (unpaired) electrons. The molecule has 3 aliphatic rings. The molecule has 2 aromatic heterocycles. The van der Waals surface area contributed by atoms with Crippen LogP contribution in [0.5, 0.6) is 0 Å². The van der Waals surface area contributed by atoms with Crippen LogP contribution in [-0.4, -0.2) is 52.3 Å². The molecule has 7 heteroatoms. The molecule has 1 amide bonds. The molecular formula is C19H25N5O2. The minimum absolute atomic E-state index is 0.0585. The minimum atomic E-state index is -0.0585. The molecule has 1 aliphatic heterocycles. The number of nitrogens with one attached hydrogen (secondary N) is 2. The SMILES string of the molecule is O=C(N[C@H]1C[C@H]2CNC[C@H]2C[C@@H]1OCC1CC1)c1ccc2ncnn2c1. The molecule has 2 saturated carbocycles. The highest BCUT2D eigenvalue weighted by atomic mass is 16.5. The summed E-state index contributed by atoms with van der Waals surface area (Å²) in [5.41, 5.74) is 1.35. The van der Waals surface area contributed by atoms with Crippen molar-refractivity contribution in [2.24, 2.45) is 17.8 Å². The summed E-state index contributed by atoms with van der Waals surface area (Å²) in [5, 5.41) is 10.9. The number of pyridine rings is 1. The fraction of sp³-hybridized carbons (Fsp3) is 0.632. The fourth-order valence-electron chi connectivity index (χ4n) is 4.36. The zero-order chi connectivity index (χ0) is 17.5. The number of aromatic nitrogens is 3. The van der Waals surface area contributed by atoms with Gasteiger partial charge in [-0.15, -0.1) is 0 Å². The fourth-order valence-corrected chi connectivity index (χ4v) is 4.36. The van der Waals surface area contributed by atoms with Gasteiger partial charge in [-0.25, -0.2) is 9.50 Å². The molecule has 5 rings (SSSR count). The monoisotopic (exact) mass is 355 g/mol. The van der Waals surface area contributed by atoms with Crippen molar-refractivity contribution in [3.05, 3.63) is 30.2 Å². The molecule has 2 aliphatic carbocycles. The summed E-state index contributed by atoms with van der Waals surface area (Å²) >= 11 is 0. The van der Waals surface area contributed by atoms with E-state index < -0.39 is 0 Å². The lowest BCUT2D eigenvalue weighted by Crippen LogP contribution is -2.50. The number of nitrogens with zero attached hydrogens (tertiary/aromatic N) is 3. The highest BCUT2D eigenvalue weighted by Gasteiger charge is 2.41. The van der Waals surface area contributed by atoms with E-state index in [0.29, 0.717) is 17.4 Å². The minimum Gasteiger partial charge on any atom is -0.376 e. The topological polar surface area (TPSA) is 80.5 Å². The first-order valence-electron chi connectivity index (χ1n) is 9.69. The quantitative estimate of drug-likeness (QED) is 0.844. The van der Waals surface area contributed by atoms with Gasteiger partial charge in [0.15, 0.2) is 5.65 Å². The number of carbonyl (C=O) groups excluding carboxylic acids is 1. The number of ether oxygens (including phenoxy) is 1. The third-order valence-corrected chi connectivity index (χ3v) is 6.12. The average Bonchev–Trinajstić information content (AvgIpc) is 3.16. The Hall–Kier alpha value is -1.99. The van der Waals surface area contributed by atoms with E-state index in [9.17, 15) is 4.79 Å². The molecule has 0 spiro atoms. The maximum atomic E-state index is 12.8. The van der Waals surface area contributed by atoms with Gasteiger partial charge >= 0.3 is 0 Å². The Morgan fingerprint density at radius 2 is 2.12 bits per heavy atom. The summed E-state index contributed by atoms with van der Waals surface area (Å²) < 4.78 is 7.88. The summed E-state index contributed by atoms with van der Waals surface area (Å²) in [5.74, 6) is 2.00. The summed E-state index contributed by atoms with van der Waals surface area (Å²) in [7, 11) is 0. The molecule has 2 aromatic rings. The van der Waals surface area contributed by atoms with Crippen LogP contribution in [0.3, 0.4) is 0 Å². The maximum absolute atomic E-state index is 12.8. The van der Waals surface area contributed by atoms with Crippen LogP contribution in [0.25, 0.3) is 5.65 Å². The van der Waals surface area contributed by atoms with Crippen LogP contribution >= 0.6 is 0 Å². The molecule has 26 heavy (non-hydrogen) atoms. The lowest BCUT2D eigenvalue weighted by Gasteiger charge is -2.38. The van der Waals surface area contributed by atoms with Gasteiger partial charge in [-0.3, -0.25) is 4.79 Å². The Balaban J connectivity index is 1.30. The number of hydrogen-bond donors (Lipinski definition) is 2. The molecule has 2 N–H and O–H groups in total. The maximum Gasteiger partial charge on any atom is 0.253 e. The Morgan fingerprint density at radius 3 is 2.96 bits per heavy atom. The average molecular weight is 355 g/mol. The van der Waals surface area contributed by atoms with Crippen molar-refractivity contribution in [3.63, 3.8) is 0 Å². The largest absolute Gasteiger partial charge is 0.376 e. The van der Waals surface area contributed by atoms with Crippen molar-refractivity contribution in [3.8, 4) is 0 Å². The van der Waals surface area contributed by atoms with Crippen molar-refractivity contribution in [2.75, 3.05) is 19.7 Å². The van der Waals surface area contributed by atoms with Gasteiger partial charge in [0, 0.05) is 12.8 Å². The molecule has 3 heterocycles. The van der Waals surface area contributed by atoms with E-state index in [2.05, 4.69) is 20.7 Å². The van der Waals surface area contributed by atoms with Gasteiger partial charge < -0.3 is 15.4 Å². The van der Waals surface area contributed by atoms with Gasteiger partial charge in [0.2, 0.25) is 0 Å². The van der Waals surface area contributed by atoms with Crippen LogP contribution in [0.4, 0.5) is 0 Å². The van der Waals surface area contributed by atoms with Crippen LogP contribution in [-0.2, 0) is 4.74 Å². The normalized spacial score (nSPS) is 31.1. The van der Waals surface area contributed by atoms with Gasteiger partial charge in [0.05, 0.1) is 17.7 Å².